The lowest BCUT2D eigenvalue weighted by molar-refractivity contribution is 0.102. The Morgan fingerprint density at radius 2 is 1.81 bits per heavy atom. The van der Waals surface area contributed by atoms with Crippen molar-refractivity contribution in [3.05, 3.63) is 89.0 Å². The van der Waals surface area contributed by atoms with Crippen molar-refractivity contribution in [2.24, 2.45) is 0 Å². The zero-order valence-electron chi connectivity index (χ0n) is 20.2. The fraction of sp³-hybridized carbons (Fsp3) is 0.214. The lowest BCUT2D eigenvalue weighted by atomic mass is 10.0. The van der Waals surface area contributed by atoms with Crippen LogP contribution < -0.4 is 15.6 Å². The molecule has 0 saturated carbocycles. The molecule has 0 aliphatic carbocycles. The van der Waals surface area contributed by atoms with Gasteiger partial charge in [-0.15, -0.1) is 0 Å². The highest BCUT2D eigenvalue weighted by Gasteiger charge is 2.15. The summed E-state index contributed by atoms with van der Waals surface area (Å²) < 4.78 is 7.61. The Balaban J connectivity index is 1.17. The highest BCUT2D eigenvalue weighted by molar-refractivity contribution is 6.09. The monoisotopic (exact) mass is 494 g/mol. The molecule has 1 fully saturated rings. The standard InChI is InChI=1S/C28H26N6O3/c35-27(24-18-29-34-14-11-21(17-25(24)34)37-16-15-33-12-3-4-13-33)30-20-9-7-19(8-10-20)26-22-5-1-2-6-23(22)28(36)32-31-26/h1-2,5-11,14,17-18H,3-4,12-13,15-16H2,(H,30,35)(H,32,36). The molecule has 2 aromatic carbocycles. The van der Waals surface area contributed by atoms with Crippen molar-refractivity contribution in [2.45, 2.75) is 12.8 Å². The molecular weight excluding hydrogens is 468 g/mol. The topological polar surface area (TPSA) is 105 Å². The average Bonchev–Trinajstić information content (AvgIpc) is 3.60. The quantitative estimate of drug-likeness (QED) is 0.355. The third-order valence-electron chi connectivity index (χ3n) is 6.72. The largest absolute Gasteiger partial charge is 0.492 e. The highest BCUT2D eigenvalue weighted by atomic mass is 16.5. The number of hydrogen-bond donors (Lipinski definition) is 2. The first-order valence-corrected chi connectivity index (χ1v) is 12.4. The molecule has 5 aromatic rings. The molecule has 0 radical (unpaired) electrons. The number of pyridine rings is 1. The number of aromatic nitrogens is 4. The average molecular weight is 495 g/mol. The summed E-state index contributed by atoms with van der Waals surface area (Å²) in [6, 6.07) is 18.4. The van der Waals surface area contributed by atoms with E-state index in [1.165, 1.54) is 12.8 Å². The lowest BCUT2D eigenvalue weighted by Gasteiger charge is -2.15. The zero-order chi connectivity index (χ0) is 25.2. The van der Waals surface area contributed by atoms with Crippen molar-refractivity contribution in [3.8, 4) is 17.0 Å². The number of hydrogen-bond acceptors (Lipinski definition) is 6. The van der Waals surface area contributed by atoms with Crippen LogP contribution in [0.15, 0.2) is 77.9 Å². The smallest absolute Gasteiger partial charge is 0.272 e. The maximum atomic E-state index is 13.1. The van der Waals surface area contributed by atoms with Crippen molar-refractivity contribution in [2.75, 3.05) is 31.6 Å². The minimum atomic E-state index is -0.260. The van der Waals surface area contributed by atoms with E-state index in [-0.39, 0.29) is 11.5 Å². The van der Waals surface area contributed by atoms with Gasteiger partial charge in [-0.3, -0.25) is 14.5 Å². The number of aromatic amines is 1. The molecule has 0 unspecified atom stereocenters. The van der Waals surface area contributed by atoms with Crippen LogP contribution in [0.1, 0.15) is 23.2 Å². The number of carbonyl (C=O) groups is 1. The van der Waals surface area contributed by atoms with E-state index in [2.05, 4.69) is 25.5 Å². The van der Waals surface area contributed by atoms with Gasteiger partial charge in [0.1, 0.15) is 12.4 Å². The first kappa shape index (κ1) is 22.9. The summed E-state index contributed by atoms with van der Waals surface area (Å²) in [6.45, 7) is 3.78. The summed E-state index contributed by atoms with van der Waals surface area (Å²) in [7, 11) is 0. The number of ether oxygens (including phenoxy) is 1. The van der Waals surface area contributed by atoms with Crippen LogP contribution in [-0.4, -0.2) is 56.9 Å². The molecule has 1 saturated heterocycles. The van der Waals surface area contributed by atoms with Gasteiger partial charge in [0.2, 0.25) is 0 Å². The molecule has 186 valence electrons. The number of carbonyl (C=O) groups excluding carboxylic acids is 1. The van der Waals surface area contributed by atoms with E-state index in [9.17, 15) is 9.59 Å². The SMILES string of the molecule is O=C(Nc1ccc(-c2n[nH]c(=O)c3ccccc23)cc1)c1cnn2ccc(OCCN3CCCC3)cc12. The maximum absolute atomic E-state index is 13.1. The minimum Gasteiger partial charge on any atom is -0.492 e. The molecule has 1 aliphatic rings. The van der Waals surface area contributed by atoms with Crippen LogP contribution in [0, 0.1) is 0 Å². The first-order valence-electron chi connectivity index (χ1n) is 12.4. The van der Waals surface area contributed by atoms with Gasteiger partial charge in [0.15, 0.2) is 0 Å². The Kier molecular flexibility index (Phi) is 6.11. The summed E-state index contributed by atoms with van der Waals surface area (Å²) in [5, 5.41) is 15.4. The van der Waals surface area contributed by atoms with Crippen LogP contribution in [-0.2, 0) is 0 Å². The van der Waals surface area contributed by atoms with Gasteiger partial charge in [-0.1, -0.05) is 30.3 Å². The van der Waals surface area contributed by atoms with Crippen LogP contribution in [0.3, 0.4) is 0 Å². The first-order chi connectivity index (χ1) is 18.2. The Hall–Kier alpha value is -4.50. The van der Waals surface area contributed by atoms with Gasteiger partial charge in [0.25, 0.3) is 11.5 Å². The van der Waals surface area contributed by atoms with Gasteiger partial charge in [0.05, 0.1) is 28.4 Å². The summed E-state index contributed by atoms with van der Waals surface area (Å²) in [5.41, 5.74) is 3.06. The molecule has 0 atom stereocenters. The van der Waals surface area contributed by atoms with Crippen molar-refractivity contribution in [1.29, 1.82) is 0 Å². The summed E-state index contributed by atoms with van der Waals surface area (Å²) in [6.07, 6.45) is 5.87. The van der Waals surface area contributed by atoms with Gasteiger partial charge in [-0.2, -0.15) is 10.2 Å². The van der Waals surface area contributed by atoms with E-state index >= 15 is 0 Å². The number of H-pyrrole nitrogens is 1. The predicted molar refractivity (Wildman–Crippen MR) is 142 cm³/mol. The van der Waals surface area contributed by atoms with E-state index < -0.39 is 0 Å². The normalized spacial score (nSPS) is 13.8. The number of likely N-dealkylation sites (tertiary alicyclic amines) is 1. The van der Waals surface area contributed by atoms with Crippen LogP contribution in [0.25, 0.3) is 27.5 Å². The highest BCUT2D eigenvalue weighted by Crippen LogP contribution is 2.26. The van der Waals surface area contributed by atoms with Crippen molar-refractivity contribution in [1.82, 2.24) is 24.7 Å². The molecular formula is C28H26N6O3. The van der Waals surface area contributed by atoms with Gasteiger partial charge < -0.3 is 10.1 Å². The van der Waals surface area contributed by atoms with Gasteiger partial charge in [-0.25, -0.2) is 9.61 Å². The molecule has 9 nitrogen and oxygen atoms in total. The predicted octanol–water partition coefficient (Wildman–Crippen LogP) is 3.96. The number of anilines is 1. The van der Waals surface area contributed by atoms with Gasteiger partial charge in [-0.05, 0) is 50.2 Å². The van der Waals surface area contributed by atoms with Crippen LogP contribution in [0.5, 0.6) is 5.75 Å². The van der Waals surface area contributed by atoms with Crippen molar-refractivity contribution < 1.29 is 9.53 Å². The van der Waals surface area contributed by atoms with Crippen LogP contribution >= 0.6 is 0 Å². The third kappa shape index (κ3) is 4.68. The molecule has 2 N–H and O–H groups in total. The molecule has 6 rings (SSSR count). The number of fused-ring (bicyclic) bond motifs is 2. The van der Waals surface area contributed by atoms with Crippen LogP contribution in [0.2, 0.25) is 0 Å². The van der Waals surface area contributed by atoms with Crippen molar-refractivity contribution >= 4 is 27.9 Å². The molecule has 3 aromatic heterocycles. The summed E-state index contributed by atoms with van der Waals surface area (Å²) in [4.78, 5) is 27.6. The Bertz CT molecular complexity index is 1630. The molecule has 0 bridgehead atoms. The van der Waals surface area contributed by atoms with E-state index in [1.807, 2.05) is 54.6 Å². The summed E-state index contributed by atoms with van der Waals surface area (Å²) >= 11 is 0. The second-order valence-electron chi connectivity index (χ2n) is 9.13. The number of nitrogens with one attached hydrogen (secondary N) is 2. The van der Waals surface area contributed by atoms with E-state index in [0.717, 1.165) is 30.6 Å². The Morgan fingerprint density at radius 3 is 2.62 bits per heavy atom. The number of nitrogens with zero attached hydrogens (tertiary/aromatic N) is 4. The Labute approximate surface area is 212 Å². The molecule has 1 aliphatic heterocycles. The number of rotatable bonds is 7. The van der Waals surface area contributed by atoms with Crippen LogP contribution in [0.4, 0.5) is 5.69 Å². The van der Waals surface area contributed by atoms with E-state index in [0.29, 0.717) is 40.2 Å². The zero-order valence-corrected chi connectivity index (χ0v) is 20.2. The van der Waals surface area contributed by atoms with E-state index in [4.69, 9.17) is 4.74 Å². The second-order valence-corrected chi connectivity index (χ2v) is 9.13. The molecule has 37 heavy (non-hydrogen) atoms. The van der Waals surface area contributed by atoms with Gasteiger partial charge in [0, 0.05) is 35.4 Å². The molecule has 0 spiro atoms. The molecule has 9 heteroatoms. The number of benzene rings is 2. The fourth-order valence-electron chi connectivity index (χ4n) is 4.77. The Morgan fingerprint density at radius 1 is 1.03 bits per heavy atom. The van der Waals surface area contributed by atoms with E-state index in [1.54, 1.807) is 23.0 Å². The number of amides is 1. The van der Waals surface area contributed by atoms with Gasteiger partial charge >= 0.3 is 0 Å². The maximum Gasteiger partial charge on any atom is 0.272 e. The minimum absolute atomic E-state index is 0.225. The molecule has 4 heterocycles. The third-order valence-corrected chi connectivity index (χ3v) is 6.72. The fourth-order valence-corrected chi connectivity index (χ4v) is 4.77. The second kappa shape index (κ2) is 9.87. The van der Waals surface area contributed by atoms with Crippen molar-refractivity contribution in [3.63, 3.8) is 0 Å². The molecule has 1 amide bonds. The lowest BCUT2D eigenvalue weighted by Crippen LogP contribution is -2.25. The summed E-state index contributed by atoms with van der Waals surface area (Å²) in [5.74, 6) is 0.454.